The highest BCUT2D eigenvalue weighted by molar-refractivity contribution is 7.89. The molecule has 0 aliphatic heterocycles. The molecule has 0 fully saturated rings. The van der Waals surface area contributed by atoms with Crippen molar-refractivity contribution in [3.05, 3.63) is 59.2 Å². The molecule has 0 atom stereocenters. The van der Waals surface area contributed by atoms with E-state index in [0.29, 0.717) is 28.9 Å². The molecule has 7 nitrogen and oxygen atoms in total. The summed E-state index contributed by atoms with van der Waals surface area (Å²) in [5.41, 5.74) is 3.19. The summed E-state index contributed by atoms with van der Waals surface area (Å²) in [6.45, 7) is 1.75. The standard InChI is InChI=1S/C19H22N2O5S/c1-13-15(12-27(2,25)26)6-4-8-17(13)21-19(24)20-16-7-3-5-14(11-16)9-10-18(22)23/h3-8,11H,9-10,12H2,1-2H3,(H,22,23)(H2,20,21,24). The van der Waals surface area contributed by atoms with E-state index in [-0.39, 0.29) is 12.2 Å². The van der Waals surface area contributed by atoms with Gasteiger partial charge in [-0.3, -0.25) is 4.79 Å². The van der Waals surface area contributed by atoms with E-state index in [0.717, 1.165) is 11.8 Å². The number of carbonyl (C=O) groups is 2. The number of urea groups is 1. The minimum absolute atomic E-state index is 0.0158. The van der Waals surface area contributed by atoms with Crippen molar-refractivity contribution in [3.63, 3.8) is 0 Å². The van der Waals surface area contributed by atoms with E-state index in [1.165, 1.54) is 0 Å². The summed E-state index contributed by atoms with van der Waals surface area (Å²) in [6, 6.07) is 11.6. The van der Waals surface area contributed by atoms with Crippen LogP contribution in [0, 0.1) is 6.92 Å². The molecule has 0 spiro atoms. The van der Waals surface area contributed by atoms with Crippen molar-refractivity contribution in [2.75, 3.05) is 16.9 Å². The van der Waals surface area contributed by atoms with Crippen LogP contribution in [0.2, 0.25) is 0 Å². The molecule has 0 unspecified atom stereocenters. The van der Waals surface area contributed by atoms with Gasteiger partial charge in [0.25, 0.3) is 0 Å². The van der Waals surface area contributed by atoms with Crippen molar-refractivity contribution >= 4 is 33.2 Å². The Balaban J connectivity index is 2.07. The highest BCUT2D eigenvalue weighted by Gasteiger charge is 2.12. The van der Waals surface area contributed by atoms with Gasteiger partial charge in [-0.1, -0.05) is 24.3 Å². The predicted octanol–water partition coefficient (Wildman–Crippen LogP) is 3.20. The number of hydrogen-bond acceptors (Lipinski definition) is 4. The largest absolute Gasteiger partial charge is 0.481 e. The van der Waals surface area contributed by atoms with Gasteiger partial charge in [0.2, 0.25) is 0 Å². The molecule has 2 aromatic rings. The third kappa shape index (κ3) is 6.74. The highest BCUT2D eigenvalue weighted by atomic mass is 32.2. The van der Waals surface area contributed by atoms with E-state index >= 15 is 0 Å². The number of benzene rings is 2. The lowest BCUT2D eigenvalue weighted by Gasteiger charge is -2.13. The second-order valence-electron chi connectivity index (χ2n) is 6.33. The van der Waals surface area contributed by atoms with Crippen LogP contribution in [0.3, 0.4) is 0 Å². The quantitative estimate of drug-likeness (QED) is 0.672. The van der Waals surface area contributed by atoms with Crippen molar-refractivity contribution in [2.24, 2.45) is 0 Å². The first-order valence-electron chi connectivity index (χ1n) is 8.29. The predicted molar refractivity (Wildman–Crippen MR) is 105 cm³/mol. The number of carboxylic acids is 1. The molecule has 144 valence electrons. The van der Waals surface area contributed by atoms with Crippen LogP contribution in [-0.2, 0) is 26.8 Å². The zero-order valence-corrected chi connectivity index (χ0v) is 16.0. The van der Waals surface area contributed by atoms with Gasteiger partial charge in [-0.2, -0.15) is 0 Å². The smallest absolute Gasteiger partial charge is 0.323 e. The number of sulfone groups is 1. The van der Waals surface area contributed by atoms with Crippen LogP contribution in [0.15, 0.2) is 42.5 Å². The Hall–Kier alpha value is -2.87. The van der Waals surface area contributed by atoms with Crippen LogP contribution in [0.25, 0.3) is 0 Å². The molecule has 0 aromatic heterocycles. The fraction of sp³-hybridized carbons (Fsp3) is 0.263. The Kier molecular flexibility index (Phi) is 6.57. The molecule has 8 heteroatoms. The van der Waals surface area contributed by atoms with Crippen LogP contribution >= 0.6 is 0 Å². The van der Waals surface area contributed by atoms with E-state index in [2.05, 4.69) is 10.6 Å². The van der Waals surface area contributed by atoms with Crippen LogP contribution in [-0.4, -0.2) is 31.8 Å². The third-order valence-corrected chi connectivity index (χ3v) is 4.76. The van der Waals surface area contributed by atoms with Crippen molar-refractivity contribution in [1.82, 2.24) is 0 Å². The van der Waals surface area contributed by atoms with Gasteiger partial charge in [0.05, 0.1) is 5.75 Å². The number of aryl methyl sites for hydroxylation is 1. The van der Waals surface area contributed by atoms with Gasteiger partial charge in [0, 0.05) is 24.1 Å². The maximum Gasteiger partial charge on any atom is 0.323 e. The Labute approximate surface area is 158 Å². The van der Waals surface area contributed by atoms with E-state index in [9.17, 15) is 18.0 Å². The summed E-state index contributed by atoms with van der Waals surface area (Å²) >= 11 is 0. The van der Waals surface area contributed by atoms with Crippen LogP contribution in [0.5, 0.6) is 0 Å². The lowest BCUT2D eigenvalue weighted by atomic mass is 10.1. The van der Waals surface area contributed by atoms with Crippen molar-refractivity contribution in [1.29, 1.82) is 0 Å². The SMILES string of the molecule is Cc1c(CS(C)(=O)=O)cccc1NC(=O)Nc1cccc(CCC(=O)O)c1. The summed E-state index contributed by atoms with van der Waals surface area (Å²) in [6.07, 6.45) is 1.55. The second kappa shape index (κ2) is 8.68. The molecular formula is C19H22N2O5S. The molecule has 0 saturated carbocycles. The van der Waals surface area contributed by atoms with Crippen LogP contribution in [0.1, 0.15) is 23.1 Å². The van der Waals surface area contributed by atoms with Gasteiger partial charge < -0.3 is 15.7 Å². The lowest BCUT2D eigenvalue weighted by Crippen LogP contribution is -2.20. The van der Waals surface area contributed by atoms with Gasteiger partial charge in [0.15, 0.2) is 9.84 Å². The second-order valence-corrected chi connectivity index (χ2v) is 8.47. The summed E-state index contributed by atoms with van der Waals surface area (Å²) in [5, 5.41) is 14.2. The molecular weight excluding hydrogens is 368 g/mol. The average molecular weight is 390 g/mol. The summed E-state index contributed by atoms with van der Waals surface area (Å²) < 4.78 is 23.0. The van der Waals surface area contributed by atoms with Gasteiger partial charge in [-0.25, -0.2) is 13.2 Å². The number of rotatable bonds is 7. The molecule has 2 amide bonds. The Morgan fingerprint density at radius 2 is 1.78 bits per heavy atom. The first-order chi connectivity index (χ1) is 12.6. The molecule has 3 N–H and O–H groups in total. The molecule has 0 aliphatic rings. The van der Waals surface area contributed by atoms with E-state index in [1.807, 2.05) is 0 Å². The number of aliphatic carboxylic acids is 1. The van der Waals surface area contributed by atoms with E-state index in [1.54, 1.807) is 49.4 Å². The molecule has 0 bridgehead atoms. The monoisotopic (exact) mass is 390 g/mol. The van der Waals surface area contributed by atoms with Gasteiger partial charge in [0.1, 0.15) is 0 Å². The third-order valence-electron chi connectivity index (χ3n) is 3.92. The molecule has 2 aromatic carbocycles. The number of carboxylic acid groups (broad SMARTS) is 1. The minimum atomic E-state index is -3.18. The molecule has 0 radical (unpaired) electrons. The number of hydrogen-bond donors (Lipinski definition) is 3. The maximum absolute atomic E-state index is 12.3. The van der Waals surface area contributed by atoms with Crippen molar-refractivity contribution < 1.29 is 23.1 Å². The average Bonchev–Trinajstić information content (AvgIpc) is 2.56. The van der Waals surface area contributed by atoms with Crippen LogP contribution < -0.4 is 10.6 Å². The zero-order valence-electron chi connectivity index (χ0n) is 15.2. The molecule has 0 saturated heterocycles. The first kappa shape index (κ1) is 20.4. The summed E-state index contributed by atoms with van der Waals surface area (Å²) in [7, 11) is -3.18. The minimum Gasteiger partial charge on any atom is -0.481 e. The van der Waals surface area contributed by atoms with Gasteiger partial charge in [-0.05, 0) is 48.2 Å². The number of anilines is 2. The fourth-order valence-corrected chi connectivity index (χ4v) is 3.48. The Morgan fingerprint density at radius 3 is 2.44 bits per heavy atom. The molecule has 27 heavy (non-hydrogen) atoms. The highest BCUT2D eigenvalue weighted by Crippen LogP contribution is 2.21. The van der Waals surface area contributed by atoms with Crippen LogP contribution in [0.4, 0.5) is 16.2 Å². The van der Waals surface area contributed by atoms with Gasteiger partial charge in [-0.15, -0.1) is 0 Å². The summed E-state index contributed by atoms with van der Waals surface area (Å²) in [4.78, 5) is 22.9. The number of amides is 2. The topological polar surface area (TPSA) is 113 Å². The molecule has 0 aliphatic carbocycles. The van der Waals surface area contributed by atoms with Crippen molar-refractivity contribution in [3.8, 4) is 0 Å². The first-order valence-corrected chi connectivity index (χ1v) is 10.3. The van der Waals surface area contributed by atoms with Gasteiger partial charge >= 0.3 is 12.0 Å². The number of carbonyl (C=O) groups excluding carboxylic acids is 1. The van der Waals surface area contributed by atoms with E-state index < -0.39 is 21.8 Å². The normalized spacial score (nSPS) is 11.0. The molecule has 2 rings (SSSR count). The number of nitrogens with one attached hydrogen (secondary N) is 2. The van der Waals surface area contributed by atoms with E-state index in [4.69, 9.17) is 5.11 Å². The molecule has 0 heterocycles. The lowest BCUT2D eigenvalue weighted by molar-refractivity contribution is -0.136. The fourth-order valence-electron chi connectivity index (χ4n) is 2.60. The Morgan fingerprint density at radius 1 is 1.07 bits per heavy atom. The Bertz CT molecular complexity index is 954. The maximum atomic E-state index is 12.3. The van der Waals surface area contributed by atoms with Crippen molar-refractivity contribution in [2.45, 2.75) is 25.5 Å². The zero-order chi connectivity index (χ0) is 20.0. The summed E-state index contributed by atoms with van der Waals surface area (Å²) in [5.74, 6) is -0.975.